The molecular formula is C65H50N2O. The maximum atomic E-state index is 6.37. The summed E-state index contributed by atoms with van der Waals surface area (Å²) in [7, 11) is 0. The zero-order valence-electron chi connectivity index (χ0n) is 38.2. The largest absolute Gasteiger partial charge is 0.456 e. The fraction of sp³-hybridized carbons (Fsp3) is 0.108. The predicted molar refractivity (Wildman–Crippen MR) is 287 cm³/mol. The number of aromatic nitrogens is 1. The Labute approximate surface area is 397 Å². The Balaban J connectivity index is 1.02. The zero-order valence-corrected chi connectivity index (χ0v) is 38.2. The van der Waals surface area contributed by atoms with Gasteiger partial charge in [-0.2, -0.15) is 0 Å². The number of furan rings is 1. The summed E-state index contributed by atoms with van der Waals surface area (Å²) in [6, 6.07) is 80.4. The summed E-state index contributed by atoms with van der Waals surface area (Å²) in [6.07, 6.45) is 6.43. The van der Waals surface area contributed by atoms with Crippen LogP contribution in [-0.4, -0.2) is 4.57 Å². The Kier molecular flexibility index (Phi) is 9.82. The second kappa shape index (κ2) is 16.6. The molecule has 2 heterocycles. The van der Waals surface area contributed by atoms with E-state index < -0.39 is 0 Å². The van der Waals surface area contributed by atoms with Crippen LogP contribution in [0.25, 0.3) is 93.6 Å². The van der Waals surface area contributed by atoms with Gasteiger partial charge in [0.2, 0.25) is 0 Å². The van der Waals surface area contributed by atoms with Crippen molar-refractivity contribution in [3.8, 4) is 39.1 Å². The van der Waals surface area contributed by atoms with Gasteiger partial charge in [0.15, 0.2) is 0 Å². The molecule has 0 N–H and O–H groups in total. The molecule has 1 aliphatic rings. The molecule has 2 aromatic heterocycles. The highest BCUT2D eigenvalue weighted by Gasteiger charge is 2.25. The minimum absolute atomic E-state index is 0.566. The Morgan fingerprint density at radius 3 is 2.01 bits per heavy atom. The Bertz CT molecular complexity index is 3860. The first kappa shape index (κ1) is 40.2. The summed E-state index contributed by atoms with van der Waals surface area (Å²) in [4.78, 5) is 2.51. The van der Waals surface area contributed by atoms with Crippen molar-refractivity contribution in [2.45, 2.75) is 44.9 Å². The van der Waals surface area contributed by atoms with Crippen LogP contribution in [-0.2, 0) is 0 Å². The van der Waals surface area contributed by atoms with E-state index in [1.54, 1.807) is 0 Å². The van der Waals surface area contributed by atoms with Gasteiger partial charge in [-0.05, 0) is 137 Å². The molecule has 0 atom stereocenters. The first-order chi connectivity index (χ1) is 33.7. The van der Waals surface area contributed by atoms with Gasteiger partial charge in [-0.1, -0.05) is 171 Å². The van der Waals surface area contributed by atoms with E-state index in [-0.39, 0.29) is 0 Å². The molecule has 12 aromatic rings. The van der Waals surface area contributed by atoms with Crippen LogP contribution in [0.1, 0.15) is 49.1 Å². The lowest BCUT2D eigenvalue weighted by Crippen LogP contribution is -2.13. The van der Waals surface area contributed by atoms with Crippen LogP contribution in [0.2, 0.25) is 0 Å². The SMILES string of the molecule is Cc1cc(-c2ccc3c(c2)oc2ccccc23)ccc1N(c1cccc(-c2cccc3c4ccccc4n(-c4ccccc4)c23)c1)c1ccccc1-c1cccc2cccc(C3CCCCC3)c12. The standard InChI is InChI=1S/C65H50N2O/c1-43-40-46(47-36-38-56-55-28-10-13-35-62(55)68-63(56)42-47)37-39-59(43)66(60-33-11-8-26-53(60)57-31-16-21-45-20-15-29-51(64(45)57)44-18-4-2-5-19-44)50-25-14-22-48(41-50)52-30-17-32-58-54-27-9-12-34-61(54)67(65(52)58)49-23-6-3-7-24-49/h3,6-17,20-42,44H,2,4-5,18-19H2,1H3. The number of hydrogen-bond acceptors (Lipinski definition) is 2. The zero-order chi connectivity index (χ0) is 45.1. The highest BCUT2D eigenvalue weighted by atomic mass is 16.3. The summed E-state index contributed by atoms with van der Waals surface area (Å²) in [5.74, 6) is 0.566. The molecule has 68 heavy (non-hydrogen) atoms. The molecule has 0 aliphatic heterocycles. The van der Waals surface area contributed by atoms with Crippen molar-refractivity contribution in [3.05, 3.63) is 230 Å². The quantitative estimate of drug-likeness (QED) is 0.152. The van der Waals surface area contributed by atoms with Crippen molar-refractivity contribution in [2.75, 3.05) is 4.90 Å². The van der Waals surface area contributed by atoms with Gasteiger partial charge in [0.05, 0.1) is 16.7 Å². The van der Waals surface area contributed by atoms with Gasteiger partial charge in [0, 0.05) is 49.7 Å². The Morgan fingerprint density at radius 2 is 1.13 bits per heavy atom. The van der Waals surface area contributed by atoms with Crippen LogP contribution in [0, 0.1) is 6.92 Å². The number of benzene rings is 10. The molecule has 1 saturated carbocycles. The molecular weight excluding hydrogens is 825 g/mol. The lowest BCUT2D eigenvalue weighted by atomic mass is 9.80. The van der Waals surface area contributed by atoms with Gasteiger partial charge in [0.25, 0.3) is 0 Å². The molecule has 0 saturated heterocycles. The van der Waals surface area contributed by atoms with Gasteiger partial charge in [-0.25, -0.2) is 0 Å². The van der Waals surface area contributed by atoms with E-state index in [1.807, 2.05) is 12.1 Å². The van der Waals surface area contributed by atoms with Crippen molar-refractivity contribution in [2.24, 2.45) is 0 Å². The van der Waals surface area contributed by atoms with Crippen LogP contribution >= 0.6 is 0 Å². The smallest absolute Gasteiger partial charge is 0.136 e. The molecule has 1 fully saturated rings. The van der Waals surface area contributed by atoms with Crippen molar-refractivity contribution < 1.29 is 4.42 Å². The van der Waals surface area contributed by atoms with E-state index in [2.05, 4.69) is 223 Å². The van der Waals surface area contributed by atoms with Crippen LogP contribution in [0.5, 0.6) is 0 Å². The molecule has 0 spiro atoms. The van der Waals surface area contributed by atoms with E-state index in [0.717, 1.165) is 61.4 Å². The molecule has 10 aromatic carbocycles. The summed E-state index contributed by atoms with van der Waals surface area (Å²) < 4.78 is 8.81. The van der Waals surface area contributed by atoms with Gasteiger partial charge >= 0.3 is 0 Å². The fourth-order valence-corrected chi connectivity index (χ4v) is 11.6. The molecule has 0 bridgehead atoms. The second-order valence-electron chi connectivity index (χ2n) is 18.7. The maximum absolute atomic E-state index is 6.37. The van der Waals surface area contributed by atoms with Crippen molar-refractivity contribution in [1.29, 1.82) is 0 Å². The predicted octanol–water partition coefficient (Wildman–Crippen LogP) is 18.7. The first-order valence-corrected chi connectivity index (χ1v) is 24.3. The van der Waals surface area contributed by atoms with Gasteiger partial charge < -0.3 is 13.9 Å². The van der Waals surface area contributed by atoms with Gasteiger partial charge in [0.1, 0.15) is 11.2 Å². The van der Waals surface area contributed by atoms with E-state index in [9.17, 15) is 0 Å². The average molecular weight is 875 g/mol. The number of rotatable bonds is 8. The summed E-state index contributed by atoms with van der Waals surface area (Å²) in [6.45, 7) is 2.26. The monoisotopic (exact) mass is 874 g/mol. The number of nitrogens with zero attached hydrogens (tertiary/aromatic N) is 2. The van der Waals surface area contributed by atoms with E-state index in [4.69, 9.17) is 4.42 Å². The molecule has 3 heteroatoms. The summed E-state index contributed by atoms with van der Waals surface area (Å²) in [5, 5.41) is 7.46. The maximum Gasteiger partial charge on any atom is 0.136 e. The number of hydrogen-bond donors (Lipinski definition) is 0. The summed E-state index contributed by atoms with van der Waals surface area (Å²) >= 11 is 0. The van der Waals surface area contributed by atoms with Crippen molar-refractivity contribution in [3.63, 3.8) is 0 Å². The molecule has 0 unspecified atom stereocenters. The third-order valence-corrected chi connectivity index (χ3v) is 14.7. The van der Waals surface area contributed by atoms with E-state index in [1.165, 1.54) is 92.5 Å². The molecule has 13 rings (SSSR count). The van der Waals surface area contributed by atoms with Gasteiger partial charge in [-0.3, -0.25) is 0 Å². The Morgan fingerprint density at radius 1 is 0.456 bits per heavy atom. The van der Waals surface area contributed by atoms with Crippen LogP contribution < -0.4 is 4.90 Å². The number of para-hydroxylation sites is 5. The van der Waals surface area contributed by atoms with Crippen molar-refractivity contribution >= 4 is 71.6 Å². The minimum atomic E-state index is 0.566. The lowest BCUT2D eigenvalue weighted by molar-refractivity contribution is 0.445. The third kappa shape index (κ3) is 6.72. The topological polar surface area (TPSA) is 21.3 Å². The second-order valence-corrected chi connectivity index (χ2v) is 18.7. The van der Waals surface area contributed by atoms with Gasteiger partial charge in [-0.15, -0.1) is 0 Å². The molecule has 0 amide bonds. The molecule has 3 nitrogen and oxygen atoms in total. The highest BCUT2D eigenvalue weighted by Crippen LogP contribution is 2.48. The molecule has 0 radical (unpaired) electrons. The molecule has 326 valence electrons. The Hall–Kier alpha value is -8.14. The number of anilines is 3. The summed E-state index contributed by atoms with van der Waals surface area (Å²) in [5.41, 5.74) is 18.6. The first-order valence-electron chi connectivity index (χ1n) is 24.3. The molecule has 1 aliphatic carbocycles. The number of aryl methyl sites for hydroxylation is 1. The third-order valence-electron chi connectivity index (χ3n) is 14.7. The minimum Gasteiger partial charge on any atom is -0.456 e. The van der Waals surface area contributed by atoms with E-state index >= 15 is 0 Å². The lowest BCUT2D eigenvalue weighted by Gasteiger charge is -2.31. The normalized spacial score (nSPS) is 13.3. The fourth-order valence-electron chi connectivity index (χ4n) is 11.6. The average Bonchev–Trinajstić information content (AvgIpc) is 3.95. The van der Waals surface area contributed by atoms with Crippen LogP contribution in [0.3, 0.4) is 0 Å². The van der Waals surface area contributed by atoms with Crippen LogP contribution in [0.4, 0.5) is 17.1 Å². The van der Waals surface area contributed by atoms with Crippen LogP contribution in [0.15, 0.2) is 223 Å². The van der Waals surface area contributed by atoms with Crippen molar-refractivity contribution in [1.82, 2.24) is 4.57 Å². The number of fused-ring (bicyclic) bond motifs is 7. The van der Waals surface area contributed by atoms with E-state index in [0.29, 0.717) is 5.92 Å². The highest BCUT2D eigenvalue weighted by molar-refractivity contribution is 6.14.